The lowest BCUT2D eigenvalue weighted by Gasteiger charge is -2.25. The Morgan fingerprint density at radius 3 is 2.77 bits per heavy atom. The lowest BCUT2D eigenvalue weighted by Crippen LogP contribution is -2.33. The minimum Gasteiger partial charge on any atom is -0.422 e. The van der Waals surface area contributed by atoms with Crippen LogP contribution in [0.1, 0.15) is 32.4 Å². The first-order valence-corrected chi connectivity index (χ1v) is 12.1. The second-order valence-corrected chi connectivity index (χ2v) is 10.1. The summed E-state index contributed by atoms with van der Waals surface area (Å²) in [5, 5.41) is 3.18. The summed E-state index contributed by atoms with van der Waals surface area (Å²) in [6.45, 7) is 0.604. The predicted octanol–water partition coefficient (Wildman–Crippen LogP) is 5.70. The molecule has 6 rings (SSSR count). The van der Waals surface area contributed by atoms with Gasteiger partial charge in [0, 0.05) is 22.2 Å². The molecule has 0 N–H and O–H groups in total. The summed E-state index contributed by atoms with van der Waals surface area (Å²) in [5.41, 5.74) is 3.89. The fraction of sp³-hybridized carbons (Fsp3) is 0.200. The van der Waals surface area contributed by atoms with Gasteiger partial charge in [-0.05, 0) is 64.6 Å². The lowest BCUT2D eigenvalue weighted by molar-refractivity contribution is 0.0757. The number of hydrogen-bond donors (Lipinski definition) is 0. The SMILES string of the molecule is O=C(c1cc2cc(Br)ccc2oc1=O)N1CCSC1c1ccc2c3c(cccc13)CC2. The van der Waals surface area contributed by atoms with E-state index >= 15 is 0 Å². The zero-order chi connectivity index (χ0) is 21.1. The van der Waals surface area contributed by atoms with Gasteiger partial charge in [-0.1, -0.05) is 46.3 Å². The number of rotatable bonds is 2. The molecule has 0 radical (unpaired) electrons. The number of thioether (sulfide) groups is 1. The Morgan fingerprint density at radius 1 is 1.06 bits per heavy atom. The molecule has 1 atom stereocenters. The highest BCUT2D eigenvalue weighted by molar-refractivity contribution is 9.10. The van der Waals surface area contributed by atoms with E-state index in [1.807, 2.05) is 17.0 Å². The van der Waals surface area contributed by atoms with Crippen LogP contribution in [0, 0.1) is 0 Å². The molecule has 1 saturated heterocycles. The van der Waals surface area contributed by atoms with Crippen LogP contribution in [0.3, 0.4) is 0 Å². The summed E-state index contributed by atoms with van der Waals surface area (Å²) in [7, 11) is 0. The first-order valence-electron chi connectivity index (χ1n) is 10.3. The third-order valence-electron chi connectivity index (χ3n) is 6.25. The lowest BCUT2D eigenvalue weighted by atomic mass is 9.99. The van der Waals surface area contributed by atoms with Crippen LogP contribution >= 0.6 is 27.7 Å². The molecule has 0 bridgehead atoms. The minimum atomic E-state index is -0.587. The molecule has 2 heterocycles. The van der Waals surface area contributed by atoms with E-state index in [1.165, 1.54) is 21.9 Å². The fourth-order valence-corrected chi connectivity index (χ4v) is 6.49. The molecule has 1 aliphatic carbocycles. The highest BCUT2D eigenvalue weighted by Crippen LogP contribution is 2.44. The number of amides is 1. The van der Waals surface area contributed by atoms with E-state index < -0.39 is 5.63 Å². The van der Waals surface area contributed by atoms with Gasteiger partial charge in [-0.25, -0.2) is 4.79 Å². The third kappa shape index (κ3) is 3.04. The molecule has 1 aliphatic heterocycles. The van der Waals surface area contributed by atoms with E-state index in [9.17, 15) is 9.59 Å². The average molecular weight is 492 g/mol. The van der Waals surface area contributed by atoms with Crippen LogP contribution in [0.2, 0.25) is 0 Å². The van der Waals surface area contributed by atoms with Gasteiger partial charge >= 0.3 is 5.63 Å². The number of aryl methyl sites for hydroxylation is 2. The Hall–Kier alpha value is -2.57. The van der Waals surface area contributed by atoms with E-state index in [1.54, 1.807) is 23.9 Å². The van der Waals surface area contributed by atoms with E-state index in [0.717, 1.165) is 34.0 Å². The van der Waals surface area contributed by atoms with Gasteiger partial charge in [0.1, 0.15) is 16.5 Å². The molecule has 4 aromatic rings. The number of hydrogen-bond acceptors (Lipinski definition) is 4. The van der Waals surface area contributed by atoms with Crippen molar-refractivity contribution in [1.82, 2.24) is 4.90 Å². The molecular weight excluding hydrogens is 474 g/mol. The minimum absolute atomic E-state index is 0.0871. The first kappa shape index (κ1) is 19.1. The van der Waals surface area contributed by atoms with Crippen molar-refractivity contribution in [2.24, 2.45) is 0 Å². The third-order valence-corrected chi connectivity index (χ3v) is 7.99. The van der Waals surface area contributed by atoms with Gasteiger partial charge in [0.15, 0.2) is 0 Å². The van der Waals surface area contributed by atoms with Crippen molar-refractivity contribution in [2.45, 2.75) is 18.2 Å². The highest BCUT2D eigenvalue weighted by atomic mass is 79.9. The van der Waals surface area contributed by atoms with Gasteiger partial charge in [0.25, 0.3) is 5.91 Å². The summed E-state index contributed by atoms with van der Waals surface area (Å²) in [4.78, 5) is 28.0. The fourth-order valence-electron chi connectivity index (χ4n) is 4.82. The number of nitrogens with zero attached hydrogens (tertiary/aromatic N) is 1. The molecular formula is C25H18BrNO3S. The summed E-state index contributed by atoms with van der Waals surface area (Å²) in [6, 6.07) is 17.9. The second-order valence-electron chi connectivity index (χ2n) is 8.00. The Morgan fingerprint density at radius 2 is 1.90 bits per heavy atom. The van der Waals surface area contributed by atoms with Crippen LogP contribution in [0.5, 0.6) is 0 Å². The average Bonchev–Trinajstić information content (AvgIpc) is 3.42. The van der Waals surface area contributed by atoms with Crippen molar-refractivity contribution in [1.29, 1.82) is 0 Å². The molecule has 1 fully saturated rings. The topological polar surface area (TPSA) is 50.5 Å². The van der Waals surface area contributed by atoms with Crippen molar-refractivity contribution >= 4 is 55.3 Å². The summed E-state index contributed by atoms with van der Waals surface area (Å²) in [5.74, 6) is 0.568. The molecule has 3 aromatic carbocycles. The smallest absolute Gasteiger partial charge is 0.349 e. The van der Waals surface area contributed by atoms with Crippen molar-refractivity contribution < 1.29 is 9.21 Å². The molecule has 31 heavy (non-hydrogen) atoms. The molecule has 0 spiro atoms. The quantitative estimate of drug-likeness (QED) is 0.337. The molecule has 6 heteroatoms. The van der Waals surface area contributed by atoms with Gasteiger partial charge in [-0.3, -0.25) is 4.79 Å². The number of fused-ring (bicyclic) bond motifs is 1. The van der Waals surface area contributed by atoms with Crippen LogP contribution in [0.4, 0.5) is 0 Å². The predicted molar refractivity (Wildman–Crippen MR) is 128 cm³/mol. The maximum atomic E-state index is 13.5. The molecule has 1 amide bonds. The number of carbonyl (C=O) groups excluding carboxylic acids is 1. The number of carbonyl (C=O) groups is 1. The molecule has 4 nitrogen and oxygen atoms in total. The van der Waals surface area contributed by atoms with Crippen LogP contribution in [-0.4, -0.2) is 23.1 Å². The summed E-state index contributed by atoms with van der Waals surface area (Å²) < 4.78 is 6.32. The van der Waals surface area contributed by atoms with Crippen molar-refractivity contribution in [2.75, 3.05) is 12.3 Å². The number of halogens is 1. The first-order chi connectivity index (χ1) is 15.1. The Labute approximate surface area is 191 Å². The van der Waals surface area contributed by atoms with Gasteiger partial charge in [-0.15, -0.1) is 11.8 Å². The normalized spacial score (nSPS) is 17.7. The highest BCUT2D eigenvalue weighted by Gasteiger charge is 2.34. The van der Waals surface area contributed by atoms with Crippen LogP contribution < -0.4 is 5.63 Å². The zero-order valence-electron chi connectivity index (χ0n) is 16.6. The maximum Gasteiger partial charge on any atom is 0.349 e. The van der Waals surface area contributed by atoms with Crippen LogP contribution in [0.25, 0.3) is 21.7 Å². The van der Waals surface area contributed by atoms with E-state index in [0.29, 0.717) is 12.1 Å². The molecule has 154 valence electrons. The van der Waals surface area contributed by atoms with E-state index in [4.69, 9.17) is 4.42 Å². The van der Waals surface area contributed by atoms with Gasteiger partial charge < -0.3 is 9.32 Å². The monoisotopic (exact) mass is 491 g/mol. The Bertz CT molecular complexity index is 1430. The van der Waals surface area contributed by atoms with Crippen molar-refractivity contribution in [3.8, 4) is 0 Å². The Balaban J connectivity index is 1.44. The Kier molecular flexibility index (Phi) is 4.47. The number of benzene rings is 3. The molecule has 2 aliphatic rings. The van der Waals surface area contributed by atoms with Gasteiger partial charge in [-0.2, -0.15) is 0 Å². The second kappa shape index (κ2) is 7.24. The van der Waals surface area contributed by atoms with Crippen LogP contribution in [-0.2, 0) is 12.8 Å². The standard InChI is InChI=1S/C25H18BrNO3S/c26-17-7-9-21-16(12-17)13-20(25(29)30-21)23(28)27-10-11-31-24(27)19-8-6-15-5-4-14-2-1-3-18(19)22(14)15/h1-3,6-9,12-13,24H,4-5,10-11H2. The largest absolute Gasteiger partial charge is 0.422 e. The van der Waals surface area contributed by atoms with E-state index in [-0.39, 0.29) is 16.8 Å². The van der Waals surface area contributed by atoms with Gasteiger partial charge in [0.05, 0.1) is 0 Å². The maximum absolute atomic E-state index is 13.5. The summed E-state index contributed by atoms with van der Waals surface area (Å²) in [6.07, 6.45) is 2.15. The summed E-state index contributed by atoms with van der Waals surface area (Å²) >= 11 is 5.19. The van der Waals surface area contributed by atoms with Gasteiger partial charge in [0.2, 0.25) is 0 Å². The van der Waals surface area contributed by atoms with E-state index in [2.05, 4.69) is 46.3 Å². The van der Waals surface area contributed by atoms with Crippen molar-refractivity contribution in [3.63, 3.8) is 0 Å². The molecule has 1 unspecified atom stereocenters. The van der Waals surface area contributed by atoms with Crippen molar-refractivity contribution in [3.05, 3.63) is 91.7 Å². The molecule has 0 saturated carbocycles. The van der Waals surface area contributed by atoms with Crippen LogP contribution in [0.15, 0.2) is 68.3 Å². The molecule has 1 aromatic heterocycles. The zero-order valence-corrected chi connectivity index (χ0v) is 19.0.